The summed E-state index contributed by atoms with van der Waals surface area (Å²) in [5, 5.41) is 0. The zero-order chi connectivity index (χ0) is 47.4. The van der Waals surface area contributed by atoms with E-state index in [1.54, 1.807) is 17.8 Å². The van der Waals surface area contributed by atoms with Gasteiger partial charge in [-0.25, -0.2) is 0 Å². The summed E-state index contributed by atoms with van der Waals surface area (Å²) in [5.41, 5.74) is 8.63. The second kappa shape index (κ2) is 72.7. The van der Waals surface area contributed by atoms with Crippen LogP contribution in [0.4, 0.5) is 0 Å². The van der Waals surface area contributed by atoms with Gasteiger partial charge in [0.05, 0.1) is 4.87 Å². The number of rotatable bonds is 36. The molecule has 60 heavy (non-hydrogen) atoms. The van der Waals surface area contributed by atoms with Crippen molar-refractivity contribution in [3.05, 3.63) is 49.6 Å². The minimum Gasteiger partial charge on any atom is -0.317 e. The summed E-state index contributed by atoms with van der Waals surface area (Å²) >= 11 is 1.71. The van der Waals surface area contributed by atoms with Gasteiger partial charge in [0.2, 0.25) is 0 Å². The number of hydrogen-bond donors (Lipinski definition) is 1. The molecule has 0 aliphatic rings. The lowest BCUT2D eigenvalue weighted by Crippen LogP contribution is -2.31. The summed E-state index contributed by atoms with van der Waals surface area (Å²) in [5.74, 6) is 0.789. The van der Waals surface area contributed by atoms with E-state index in [2.05, 4.69) is 74.8 Å². The third kappa shape index (κ3) is 84.7. The normalized spacial score (nSPS) is 11.2. The summed E-state index contributed by atoms with van der Waals surface area (Å²) in [6.45, 7) is 42.7. The highest BCUT2D eigenvalue weighted by molar-refractivity contribution is 7.99. The highest BCUT2D eigenvalue weighted by Gasteiger charge is 2.15. The smallest absolute Gasteiger partial charge is 0.0592 e. The molecule has 0 spiro atoms. The molecule has 366 valence electrons. The first kappa shape index (κ1) is 73.7. The highest BCUT2D eigenvalue weighted by atomic mass is 32.2. The zero-order valence-electron chi connectivity index (χ0n) is 45.1. The van der Waals surface area contributed by atoms with Crippen LogP contribution in [0.3, 0.4) is 0 Å². The van der Waals surface area contributed by atoms with Crippen molar-refractivity contribution in [3.8, 4) is 0 Å². The van der Waals surface area contributed by atoms with Crippen LogP contribution in [0.1, 0.15) is 308 Å². The molecule has 0 rings (SSSR count). The van der Waals surface area contributed by atoms with Gasteiger partial charge in [-0.3, -0.25) is 0 Å². The number of unbranched alkanes of at least 4 members (excludes halogenated alkanes) is 25. The Bertz CT molecular complexity index is 737. The van der Waals surface area contributed by atoms with E-state index in [0.717, 1.165) is 18.8 Å². The molecule has 2 atom stereocenters. The van der Waals surface area contributed by atoms with Crippen LogP contribution in [0.15, 0.2) is 49.6 Å². The molecule has 0 bridgehead atoms. The summed E-state index contributed by atoms with van der Waals surface area (Å²) < 4.78 is 0. The second-order valence-electron chi connectivity index (χ2n) is 17.0. The first-order valence-corrected chi connectivity index (χ1v) is 28.0. The molecule has 0 aromatic rings. The minimum atomic E-state index is -0.0705. The fourth-order valence-corrected chi connectivity index (χ4v) is 6.80. The van der Waals surface area contributed by atoms with Crippen LogP contribution in [-0.4, -0.2) is 11.1 Å². The molecule has 0 heterocycles. The molecule has 2 heteroatoms. The molecule has 0 radical (unpaired) electrons. The van der Waals surface area contributed by atoms with Crippen LogP contribution in [0.2, 0.25) is 0 Å². The number of thioether (sulfide) groups is 1. The lowest BCUT2D eigenvalue weighted by atomic mass is 9.89. The van der Waals surface area contributed by atoms with Crippen molar-refractivity contribution in [1.29, 1.82) is 0 Å². The van der Waals surface area contributed by atoms with Gasteiger partial charge in [0.25, 0.3) is 0 Å². The minimum absolute atomic E-state index is 0.0705. The van der Waals surface area contributed by atoms with E-state index >= 15 is 0 Å². The molecule has 0 amide bonds. The fourth-order valence-electron chi connectivity index (χ4n) is 6.49. The van der Waals surface area contributed by atoms with Crippen LogP contribution in [0.5, 0.6) is 0 Å². The van der Waals surface area contributed by atoms with Gasteiger partial charge in [0, 0.05) is 0 Å². The Morgan fingerprint density at radius 2 is 0.850 bits per heavy atom. The Balaban J connectivity index is -0.000000133. The van der Waals surface area contributed by atoms with Gasteiger partial charge in [-0.1, -0.05) is 266 Å². The largest absolute Gasteiger partial charge is 0.317 e. The van der Waals surface area contributed by atoms with Crippen molar-refractivity contribution in [2.75, 3.05) is 6.26 Å². The standard InChI is InChI=1S/C23H46.C17H34.C8H17NS.C3H8.C3H6.2C2H6/c1-5-8-9-10-11-12-13-14-15-16-17-18-19-21-22(4)23(7-3)20-6-2;1-3-5-7-9-11-13-15-17-16-14-12-10-8-6-4-2;1-7(2)5-6-8(3,9)10-4;2*1-3-2;2*1-2/h23H,4-21H2,1-3H3;3H,1,4-17H2,2H3;1,5-6,9H2,2-4H3;3H2,1-2H3;3H,1H2,2H3;2*1-2H3. The first-order chi connectivity index (χ1) is 29.0. The summed E-state index contributed by atoms with van der Waals surface area (Å²) in [4.78, 5) is -0.0705. The Morgan fingerprint density at radius 1 is 0.550 bits per heavy atom. The van der Waals surface area contributed by atoms with Gasteiger partial charge >= 0.3 is 0 Å². The summed E-state index contributed by atoms with van der Waals surface area (Å²) in [6.07, 6.45) is 53.0. The molecular weight excluding hydrogens is 743 g/mol. The molecular formula is C58H123NS. The summed E-state index contributed by atoms with van der Waals surface area (Å²) in [6, 6.07) is 0. The monoisotopic (exact) mass is 866 g/mol. The van der Waals surface area contributed by atoms with Crippen LogP contribution >= 0.6 is 11.8 Å². The number of nitrogens with two attached hydrogens (primary N) is 1. The molecule has 0 fully saturated rings. The Morgan fingerprint density at radius 3 is 1.10 bits per heavy atom. The maximum atomic E-state index is 5.89. The van der Waals surface area contributed by atoms with E-state index in [1.165, 1.54) is 217 Å². The van der Waals surface area contributed by atoms with Gasteiger partial charge in [0.1, 0.15) is 0 Å². The van der Waals surface area contributed by atoms with Crippen LogP contribution in [-0.2, 0) is 0 Å². The van der Waals surface area contributed by atoms with Crippen molar-refractivity contribution >= 4 is 11.8 Å². The zero-order valence-corrected chi connectivity index (χ0v) is 45.9. The molecule has 2 unspecified atom stereocenters. The average molecular weight is 867 g/mol. The Labute approximate surface area is 390 Å². The van der Waals surface area contributed by atoms with E-state index in [9.17, 15) is 0 Å². The maximum Gasteiger partial charge on any atom is 0.0592 e. The third-order valence-electron chi connectivity index (χ3n) is 10.3. The van der Waals surface area contributed by atoms with Crippen LogP contribution in [0, 0.1) is 5.92 Å². The molecule has 2 N–H and O–H groups in total. The van der Waals surface area contributed by atoms with E-state index in [0.29, 0.717) is 0 Å². The summed E-state index contributed by atoms with van der Waals surface area (Å²) in [7, 11) is 0. The van der Waals surface area contributed by atoms with Gasteiger partial charge in [-0.15, -0.1) is 31.5 Å². The van der Waals surface area contributed by atoms with Crippen molar-refractivity contribution in [2.24, 2.45) is 11.7 Å². The predicted molar refractivity (Wildman–Crippen MR) is 293 cm³/mol. The Kier molecular flexibility index (Phi) is 89.3. The van der Waals surface area contributed by atoms with Gasteiger partial charge in [0.15, 0.2) is 0 Å². The first-order valence-electron chi connectivity index (χ1n) is 26.8. The van der Waals surface area contributed by atoms with Crippen molar-refractivity contribution in [2.45, 2.75) is 313 Å². The topological polar surface area (TPSA) is 26.0 Å². The molecule has 0 aliphatic heterocycles. The van der Waals surface area contributed by atoms with E-state index in [-0.39, 0.29) is 4.87 Å². The van der Waals surface area contributed by atoms with Gasteiger partial charge < -0.3 is 5.73 Å². The number of hydrogen-bond acceptors (Lipinski definition) is 2. The second-order valence-corrected chi connectivity index (χ2v) is 18.3. The van der Waals surface area contributed by atoms with Crippen LogP contribution in [0.25, 0.3) is 0 Å². The predicted octanol–water partition coefficient (Wildman–Crippen LogP) is 22.5. The molecule has 1 nitrogen and oxygen atoms in total. The highest BCUT2D eigenvalue weighted by Crippen LogP contribution is 2.25. The van der Waals surface area contributed by atoms with Crippen molar-refractivity contribution in [3.63, 3.8) is 0 Å². The SMILES string of the molecule is C=C(C)CCC(C)(N)SC.C=C(CCCCCCCCCCCCCCC)C(CC)CCC.C=CC.C=CCCCCCCCCCCCCCCC.CC.CC.CCC. The van der Waals surface area contributed by atoms with Crippen LogP contribution < -0.4 is 5.73 Å². The Hall–Kier alpha value is -0.730. The lowest BCUT2D eigenvalue weighted by Gasteiger charge is -2.21. The lowest BCUT2D eigenvalue weighted by molar-refractivity contribution is 0.501. The molecule has 0 aliphatic carbocycles. The van der Waals surface area contributed by atoms with Crippen molar-refractivity contribution < 1.29 is 0 Å². The number of allylic oxidation sites excluding steroid dienone is 4. The molecule has 0 saturated carbocycles. The third-order valence-corrected chi connectivity index (χ3v) is 11.5. The molecule has 0 saturated heterocycles. The molecule has 0 aromatic carbocycles. The average Bonchev–Trinajstić information content (AvgIpc) is 3.25. The van der Waals surface area contributed by atoms with E-state index < -0.39 is 0 Å². The van der Waals surface area contributed by atoms with E-state index in [4.69, 9.17) is 5.73 Å². The van der Waals surface area contributed by atoms with Gasteiger partial charge in [-0.2, -0.15) is 0 Å². The fraction of sp³-hybridized carbons (Fsp3) is 0.862. The van der Waals surface area contributed by atoms with Crippen molar-refractivity contribution in [1.82, 2.24) is 0 Å². The van der Waals surface area contributed by atoms with Gasteiger partial charge in [-0.05, 0) is 84.3 Å². The van der Waals surface area contributed by atoms with E-state index in [1.807, 2.05) is 53.9 Å². The molecule has 0 aromatic heterocycles. The quantitative estimate of drug-likeness (QED) is 0.0386. The maximum absolute atomic E-state index is 5.89.